The Labute approximate surface area is 203 Å². The summed E-state index contributed by atoms with van der Waals surface area (Å²) in [5.41, 5.74) is 0.309. The molecule has 0 fully saturated rings. The molecule has 1 heterocycles. The SMILES string of the molecule is C[C@@H](C(=O)N[C@H]1CN(C(=O)c2ccc(F)cc2)c2ccccc2NC1=O)N(C)C(=O)OC(C)(C)C. The van der Waals surface area contributed by atoms with E-state index >= 15 is 0 Å². The molecule has 2 N–H and O–H groups in total. The number of anilines is 2. The predicted octanol–water partition coefficient (Wildman–Crippen LogP) is 3.16. The number of hydrogen-bond donors (Lipinski definition) is 2. The van der Waals surface area contributed by atoms with Gasteiger partial charge in [-0.25, -0.2) is 9.18 Å². The summed E-state index contributed by atoms with van der Waals surface area (Å²) < 4.78 is 18.7. The van der Waals surface area contributed by atoms with Crippen LogP contribution in [0.3, 0.4) is 0 Å². The van der Waals surface area contributed by atoms with E-state index < -0.39 is 47.3 Å². The number of carbonyl (C=O) groups is 4. The lowest BCUT2D eigenvalue weighted by atomic mass is 10.1. The van der Waals surface area contributed by atoms with Crippen LogP contribution in [0.5, 0.6) is 0 Å². The van der Waals surface area contributed by atoms with E-state index in [0.29, 0.717) is 11.4 Å². The molecule has 4 amide bonds. The minimum atomic E-state index is -1.12. The molecule has 0 bridgehead atoms. The summed E-state index contributed by atoms with van der Waals surface area (Å²) in [4.78, 5) is 54.1. The highest BCUT2D eigenvalue weighted by atomic mass is 19.1. The fourth-order valence-electron chi connectivity index (χ4n) is 3.41. The van der Waals surface area contributed by atoms with Crippen molar-refractivity contribution in [2.24, 2.45) is 0 Å². The Morgan fingerprint density at radius 2 is 1.77 bits per heavy atom. The van der Waals surface area contributed by atoms with Crippen molar-refractivity contribution in [2.45, 2.75) is 45.4 Å². The average Bonchev–Trinajstić information content (AvgIpc) is 2.93. The molecule has 2 atom stereocenters. The third kappa shape index (κ3) is 6.14. The molecular formula is C25H29FN4O5. The number of amides is 4. The fourth-order valence-corrected chi connectivity index (χ4v) is 3.41. The first-order valence-electron chi connectivity index (χ1n) is 11.1. The molecule has 0 saturated heterocycles. The maximum atomic E-state index is 13.4. The summed E-state index contributed by atoms with van der Waals surface area (Å²) >= 11 is 0. The quantitative estimate of drug-likeness (QED) is 0.693. The molecule has 2 aromatic rings. The number of para-hydroxylation sites is 2. The Hall–Kier alpha value is -3.95. The van der Waals surface area contributed by atoms with Crippen LogP contribution >= 0.6 is 0 Å². The smallest absolute Gasteiger partial charge is 0.410 e. The first kappa shape index (κ1) is 25.7. The van der Waals surface area contributed by atoms with Gasteiger partial charge in [0.1, 0.15) is 23.5 Å². The van der Waals surface area contributed by atoms with Crippen molar-refractivity contribution < 1.29 is 28.3 Å². The van der Waals surface area contributed by atoms with Crippen molar-refractivity contribution >= 4 is 35.2 Å². The Balaban J connectivity index is 1.83. The lowest BCUT2D eigenvalue weighted by molar-refractivity contribution is -0.129. The van der Waals surface area contributed by atoms with Gasteiger partial charge in [-0.1, -0.05) is 12.1 Å². The van der Waals surface area contributed by atoms with Crippen LogP contribution in [-0.2, 0) is 14.3 Å². The highest BCUT2D eigenvalue weighted by Crippen LogP contribution is 2.30. The minimum Gasteiger partial charge on any atom is -0.444 e. The summed E-state index contributed by atoms with van der Waals surface area (Å²) in [7, 11) is 1.42. The topological polar surface area (TPSA) is 108 Å². The van der Waals surface area contributed by atoms with Crippen LogP contribution in [0.4, 0.5) is 20.6 Å². The summed E-state index contributed by atoms with van der Waals surface area (Å²) in [5, 5.41) is 5.37. The number of nitrogens with one attached hydrogen (secondary N) is 2. The Morgan fingerprint density at radius 3 is 2.40 bits per heavy atom. The first-order chi connectivity index (χ1) is 16.4. The number of carbonyl (C=O) groups excluding carboxylic acids is 4. The van der Waals surface area contributed by atoms with Gasteiger partial charge in [0.2, 0.25) is 11.8 Å². The maximum Gasteiger partial charge on any atom is 0.410 e. The van der Waals surface area contributed by atoms with Crippen LogP contribution in [0.25, 0.3) is 0 Å². The molecule has 35 heavy (non-hydrogen) atoms. The summed E-state index contributed by atoms with van der Waals surface area (Å²) in [6.45, 7) is 6.47. The van der Waals surface area contributed by atoms with Crippen molar-refractivity contribution in [1.29, 1.82) is 0 Å². The molecule has 0 aliphatic carbocycles. The molecule has 0 unspecified atom stereocenters. The largest absolute Gasteiger partial charge is 0.444 e. The number of hydrogen-bond acceptors (Lipinski definition) is 5. The summed E-state index contributed by atoms with van der Waals surface area (Å²) in [5.74, 6) is -2.07. The number of nitrogens with zero attached hydrogens (tertiary/aromatic N) is 2. The van der Waals surface area contributed by atoms with Gasteiger partial charge in [-0.2, -0.15) is 0 Å². The molecule has 1 aliphatic rings. The van der Waals surface area contributed by atoms with Crippen LogP contribution in [-0.4, -0.2) is 60.0 Å². The molecule has 1 aliphatic heterocycles. The number of likely N-dealkylation sites (N-methyl/N-ethyl adjacent to an activating group) is 1. The van der Waals surface area contributed by atoms with Gasteiger partial charge in [0.15, 0.2) is 0 Å². The zero-order valence-electron chi connectivity index (χ0n) is 20.3. The molecule has 186 valence electrons. The first-order valence-corrected chi connectivity index (χ1v) is 11.1. The molecular weight excluding hydrogens is 455 g/mol. The standard InChI is InChI=1S/C25H29FN4O5/c1-15(29(5)24(34)35-25(2,3)4)21(31)28-19-14-30(23(33)16-10-12-17(26)13-11-16)20-9-7-6-8-18(20)27-22(19)32/h6-13,15,19H,14H2,1-5H3,(H,27,32)(H,28,31)/t15-,19-/m0/s1. The number of rotatable bonds is 4. The molecule has 0 aromatic heterocycles. The Morgan fingerprint density at radius 1 is 1.14 bits per heavy atom. The second-order valence-corrected chi connectivity index (χ2v) is 9.26. The highest BCUT2D eigenvalue weighted by Gasteiger charge is 2.35. The van der Waals surface area contributed by atoms with Crippen molar-refractivity contribution in [3.63, 3.8) is 0 Å². The lowest BCUT2D eigenvalue weighted by Gasteiger charge is -2.29. The minimum absolute atomic E-state index is 0.173. The second-order valence-electron chi connectivity index (χ2n) is 9.26. The summed E-state index contributed by atoms with van der Waals surface area (Å²) in [6.07, 6.45) is -0.689. The highest BCUT2D eigenvalue weighted by molar-refractivity contribution is 6.12. The molecule has 9 nitrogen and oxygen atoms in total. The normalized spacial score (nSPS) is 16.3. The van der Waals surface area contributed by atoms with Crippen LogP contribution in [0.1, 0.15) is 38.1 Å². The van der Waals surface area contributed by atoms with Gasteiger partial charge in [0.25, 0.3) is 5.91 Å². The van der Waals surface area contributed by atoms with E-state index in [1.807, 2.05) is 0 Å². The van der Waals surface area contributed by atoms with E-state index in [1.165, 1.54) is 43.1 Å². The second kappa shape index (κ2) is 10.1. The van der Waals surface area contributed by atoms with Gasteiger partial charge < -0.3 is 20.3 Å². The van der Waals surface area contributed by atoms with E-state index in [-0.39, 0.29) is 12.1 Å². The van der Waals surface area contributed by atoms with E-state index in [1.54, 1.807) is 45.0 Å². The zero-order valence-corrected chi connectivity index (χ0v) is 20.3. The van der Waals surface area contributed by atoms with Crippen molar-refractivity contribution in [3.8, 4) is 0 Å². The van der Waals surface area contributed by atoms with Crippen LogP contribution in [0.2, 0.25) is 0 Å². The Bertz CT molecular complexity index is 1130. The molecule has 0 spiro atoms. The van der Waals surface area contributed by atoms with E-state index in [4.69, 9.17) is 4.74 Å². The van der Waals surface area contributed by atoms with Gasteiger partial charge >= 0.3 is 6.09 Å². The van der Waals surface area contributed by atoms with Gasteiger partial charge in [0.05, 0.1) is 17.9 Å². The number of fused-ring (bicyclic) bond motifs is 1. The van der Waals surface area contributed by atoms with Crippen molar-refractivity contribution in [2.75, 3.05) is 23.8 Å². The van der Waals surface area contributed by atoms with E-state index in [2.05, 4.69) is 10.6 Å². The number of halogens is 1. The third-order valence-corrected chi connectivity index (χ3v) is 5.43. The van der Waals surface area contributed by atoms with Gasteiger partial charge in [-0.05, 0) is 64.1 Å². The summed E-state index contributed by atoms with van der Waals surface area (Å²) in [6, 6.07) is 9.71. The number of benzene rings is 2. The Kier molecular flexibility index (Phi) is 7.42. The monoisotopic (exact) mass is 484 g/mol. The lowest BCUT2D eigenvalue weighted by Crippen LogP contribution is -2.55. The molecule has 0 saturated carbocycles. The van der Waals surface area contributed by atoms with Crippen molar-refractivity contribution in [3.05, 3.63) is 59.9 Å². The van der Waals surface area contributed by atoms with Crippen LogP contribution < -0.4 is 15.5 Å². The van der Waals surface area contributed by atoms with Gasteiger partial charge in [-0.15, -0.1) is 0 Å². The van der Waals surface area contributed by atoms with E-state index in [9.17, 15) is 23.6 Å². The maximum absolute atomic E-state index is 13.4. The van der Waals surface area contributed by atoms with Gasteiger partial charge in [0, 0.05) is 12.6 Å². The van der Waals surface area contributed by atoms with Crippen LogP contribution in [0, 0.1) is 5.82 Å². The van der Waals surface area contributed by atoms with Crippen LogP contribution in [0.15, 0.2) is 48.5 Å². The predicted molar refractivity (Wildman–Crippen MR) is 129 cm³/mol. The van der Waals surface area contributed by atoms with Crippen molar-refractivity contribution in [1.82, 2.24) is 10.2 Å². The average molecular weight is 485 g/mol. The fraction of sp³-hybridized carbons (Fsp3) is 0.360. The zero-order chi connectivity index (χ0) is 25.9. The number of ether oxygens (including phenoxy) is 1. The molecule has 2 aromatic carbocycles. The molecule has 10 heteroatoms. The third-order valence-electron chi connectivity index (χ3n) is 5.43. The van der Waals surface area contributed by atoms with E-state index in [0.717, 1.165) is 4.90 Å². The van der Waals surface area contributed by atoms with Gasteiger partial charge in [-0.3, -0.25) is 19.3 Å². The molecule has 3 rings (SSSR count). The molecule has 0 radical (unpaired) electrons.